The maximum absolute atomic E-state index is 8.92. The average molecular weight is 309 g/mol. The van der Waals surface area contributed by atoms with Crippen molar-refractivity contribution in [1.29, 1.82) is 5.26 Å². The van der Waals surface area contributed by atoms with E-state index in [2.05, 4.69) is 9.97 Å². The molecule has 0 saturated heterocycles. The van der Waals surface area contributed by atoms with Crippen LogP contribution in [0.2, 0.25) is 0 Å². The Labute approximate surface area is 133 Å². The highest BCUT2D eigenvalue weighted by molar-refractivity contribution is 7.07. The Kier molecular flexibility index (Phi) is 10.1. The van der Waals surface area contributed by atoms with E-state index in [4.69, 9.17) is 9.68 Å². The van der Waals surface area contributed by atoms with Crippen molar-refractivity contribution in [3.8, 4) is 6.07 Å². The Balaban J connectivity index is 3.18. The first-order chi connectivity index (χ1) is 10.9. The minimum atomic E-state index is 0.371. The van der Waals surface area contributed by atoms with Crippen LogP contribution < -0.4 is 0 Å². The van der Waals surface area contributed by atoms with E-state index in [1.165, 1.54) is 23.7 Å². The summed E-state index contributed by atoms with van der Waals surface area (Å²) < 4.78 is 5.13. The normalized spacial score (nSPS) is 7.95. The fourth-order valence-corrected chi connectivity index (χ4v) is 1.48. The molecule has 4 nitrogen and oxygen atoms in total. The van der Waals surface area contributed by atoms with E-state index in [0.29, 0.717) is 5.56 Å². The third kappa shape index (κ3) is 9.89. The summed E-state index contributed by atoms with van der Waals surface area (Å²) in [5.74, 6) is 0. The first-order valence-electron chi connectivity index (χ1n) is 6.36. The number of aromatic nitrogens is 2. The van der Waals surface area contributed by atoms with E-state index in [9.17, 15) is 0 Å². The Morgan fingerprint density at radius 3 is 2.27 bits per heavy atom. The van der Waals surface area contributed by atoms with Gasteiger partial charge in [0.25, 0.3) is 0 Å². The summed E-state index contributed by atoms with van der Waals surface area (Å²) in [7, 11) is 0. The van der Waals surface area contributed by atoms with Crippen LogP contribution in [0, 0.1) is 11.3 Å². The zero-order valence-electron chi connectivity index (χ0n) is 11.8. The van der Waals surface area contributed by atoms with Crippen molar-refractivity contribution in [2.75, 3.05) is 0 Å². The maximum Gasteiger partial charge on any atom is 0.102 e. The molecular formula is C17H15N3OS. The molecule has 1 heterocycles. The van der Waals surface area contributed by atoms with E-state index in [1.54, 1.807) is 49.2 Å². The van der Waals surface area contributed by atoms with Crippen molar-refractivity contribution in [1.82, 2.24) is 9.97 Å². The lowest BCUT2D eigenvalue weighted by atomic mass is 10.4. The molecule has 0 aliphatic rings. The zero-order valence-corrected chi connectivity index (χ0v) is 12.6. The summed E-state index contributed by atoms with van der Waals surface area (Å²) in [6.45, 7) is 0. The smallest absolute Gasteiger partial charge is 0.102 e. The minimum Gasteiger partial charge on any atom is -0.473 e. The zero-order chi connectivity index (χ0) is 15.7. The van der Waals surface area contributed by atoms with Gasteiger partial charge in [0.15, 0.2) is 0 Å². The van der Waals surface area contributed by atoms with Gasteiger partial charge in [-0.1, -0.05) is 24.3 Å². The highest BCUT2D eigenvalue weighted by Gasteiger charge is 1.79. The van der Waals surface area contributed by atoms with Crippen LogP contribution in [0.25, 0.3) is 0 Å². The Morgan fingerprint density at radius 1 is 0.818 bits per heavy atom. The van der Waals surface area contributed by atoms with Gasteiger partial charge in [-0.3, -0.25) is 9.97 Å². The quantitative estimate of drug-likeness (QED) is 0.708. The summed E-state index contributed by atoms with van der Waals surface area (Å²) in [6.07, 6.45) is 9.21. The molecular weight excluding hydrogens is 294 g/mol. The first-order valence-corrected chi connectivity index (χ1v) is 7.30. The lowest BCUT2D eigenvalue weighted by Crippen LogP contribution is -1.71. The van der Waals surface area contributed by atoms with Crippen molar-refractivity contribution in [2.24, 2.45) is 0 Å². The van der Waals surface area contributed by atoms with Crippen molar-refractivity contribution >= 4 is 11.3 Å². The van der Waals surface area contributed by atoms with Crippen LogP contribution in [0.15, 0.2) is 95.0 Å². The SMILES string of the molecule is N#Cc1cncccccoccccccsccnc1. The van der Waals surface area contributed by atoms with Gasteiger partial charge in [-0.2, -0.15) is 16.6 Å². The predicted octanol–water partition coefficient (Wildman–Crippen LogP) is 4.50. The second-order valence-electron chi connectivity index (χ2n) is 3.59. The number of nitriles is 1. The number of nitrogens with zero attached hydrogens (tertiary/aromatic N) is 3. The molecule has 1 aromatic heterocycles. The second kappa shape index (κ2) is 13.0. The van der Waals surface area contributed by atoms with E-state index in [1.807, 2.05) is 35.0 Å². The van der Waals surface area contributed by atoms with Gasteiger partial charge in [-0.05, 0) is 23.6 Å². The van der Waals surface area contributed by atoms with Crippen molar-refractivity contribution in [3.63, 3.8) is 0 Å². The van der Waals surface area contributed by atoms with Gasteiger partial charge in [-0.15, -0.1) is 0 Å². The molecule has 1 aromatic rings. The number of hydrogen-bond donors (Lipinski definition) is 0. The first kappa shape index (κ1) is 17.1. The van der Waals surface area contributed by atoms with Crippen LogP contribution in [0.1, 0.15) is 5.56 Å². The molecule has 0 N–H and O–H groups in total. The highest BCUT2D eigenvalue weighted by atomic mass is 32.1. The van der Waals surface area contributed by atoms with Crippen LogP contribution in [0.5, 0.6) is 0 Å². The summed E-state index contributed by atoms with van der Waals surface area (Å²) in [4.78, 5) is 8.00. The molecule has 0 aromatic carbocycles. The van der Waals surface area contributed by atoms with Crippen LogP contribution in [-0.2, 0) is 0 Å². The van der Waals surface area contributed by atoms with Gasteiger partial charge >= 0.3 is 0 Å². The lowest BCUT2D eigenvalue weighted by Gasteiger charge is -1.75. The molecule has 22 heavy (non-hydrogen) atoms. The van der Waals surface area contributed by atoms with E-state index < -0.39 is 0 Å². The van der Waals surface area contributed by atoms with Crippen LogP contribution in [0.4, 0.5) is 0 Å². The fraction of sp³-hybridized carbons (Fsp3) is 0. The maximum atomic E-state index is 8.92. The molecule has 5 heteroatoms. The van der Waals surface area contributed by atoms with Gasteiger partial charge < -0.3 is 4.42 Å². The minimum absolute atomic E-state index is 0.371. The van der Waals surface area contributed by atoms with Crippen molar-refractivity contribution < 1.29 is 4.42 Å². The molecule has 0 bridgehead atoms. The Bertz CT molecular complexity index is 650. The van der Waals surface area contributed by atoms with Crippen LogP contribution in [0.3, 0.4) is 0 Å². The molecule has 1 rings (SSSR count). The molecule has 0 aliphatic carbocycles. The molecule has 0 radical (unpaired) electrons. The average Bonchev–Trinajstić information content (AvgIpc) is 2.54. The monoisotopic (exact) mass is 309 g/mol. The fourth-order valence-electron chi connectivity index (χ4n) is 1.06. The summed E-state index contributed by atoms with van der Waals surface area (Å²) >= 11 is 1.48. The third-order valence-corrected chi connectivity index (χ3v) is 2.57. The van der Waals surface area contributed by atoms with Crippen LogP contribution >= 0.6 is 11.3 Å². The Hall–Kier alpha value is -2.97. The molecule has 0 spiro atoms. The third-order valence-electron chi connectivity index (χ3n) is 1.98. The predicted molar refractivity (Wildman–Crippen MR) is 87.4 cm³/mol. The molecule has 0 saturated carbocycles. The molecule has 0 unspecified atom stereocenters. The van der Waals surface area contributed by atoms with Gasteiger partial charge in [0.2, 0.25) is 0 Å². The van der Waals surface area contributed by atoms with Gasteiger partial charge in [0.1, 0.15) is 6.07 Å². The van der Waals surface area contributed by atoms with Gasteiger partial charge in [-0.25, -0.2) is 0 Å². The number of hydrogen-bond acceptors (Lipinski definition) is 5. The summed E-state index contributed by atoms with van der Waals surface area (Å²) in [5, 5.41) is 12.6. The van der Waals surface area contributed by atoms with Crippen LogP contribution in [-0.4, -0.2) is 9.97 Å². The van der Waals surface area contributed by atoms with E-state index in [-0.39, 0.29) is 0 Å². The Morgan fingerprint density at radius 2 is 1.50 bits per heavy atom. The summed E-state index contributed by atoms with van der Waals surface area (Å²) in [6, 6.07) is 14.7. The number of rotatable bonds is 0. The van der Waals surface area contributed by atoms with Crippen molar-refractivity contribution in [3.05, 3.63) is 96.1 Å². The summed E-state index contributed by atoms with van der Waals surface area (Å²) in [5.41, 5.74) is 0.371. The lowest BCUT2D eigenvalue weighted by molar-refractivity contribution is 0.554. The van der Waals surface area contributed by atoms with E-state index in [0.717, 1.165) is 0 Å². The molecule has 110 valence electrons. The molecule has 0 amide bonds. The van der Waals surface area contributed by atoms with Gasteiger partial charge in [0, 0.05) is 30.2 Å². The largest absolute Gasteiger partial charge is 0.473 e. The second-order valence-corrected chi connectivity index (χ2v) is 4.40. The highest BCUT2D eigenvalue weighted by Crippen LogP contribution is 1.87. The molecule has 0 aliphatic heterocycles. The molecule has 0 fully saturated rings. The topological polar surface area (TPSA) is 62.7 Å². The van der Waals surface area contributed by atoms with E-state index >= 15 is 0 Å². The van der Waals surface area contributed by atoms with Crippen molar-refractivity contribution in [2.45, 2.75) is 0 Å². The van der Waals surface area contributed by atoms with Gasteiger partial charge in [0.05, 0.1) is 18.1 Å². The molecule has 0 atom stereocenters. The standard InChI is InChI=1S/C17H15N3OS/c18-14-17-15-19-8-4-3-6-11-21-10-5-1-2-7-12-22-13-9-20-16-17/h1-13,15-16H.